The summed E-state index contributed by atoms with van der Waals surface area (Å²) in [5.74, 6) is -3.40. The lowest BCUT2D eigenvalue weighted by Crippen LogP contribution is -2.58. The van der Waals surface area contributed by atoms with Crippen molar-refractivity contribution >= 4 is 29.7 Å². The zero-order chi connectivity index (χ0) is 25.8. The maximum atomic E-state index is 13.0. The summed E-state index contributed by atoms with van der Waals surface area (Å²) in [6.45, 7) is 0.0821. The van der Waals surface area contributed by atoms with Crippen LogP contribution < -0.4 is 32.7 Å². The Balaban J connectivity index is 2.01. The Bertz CT molecular complexity index is 882. The molecule has 0 aliphatic carbocycles. The third-order valence-corrected chi connectivity index (χ3v) is 5.36. The van der Waals surface area contributed by atoms with Crippen LogP contribution in [0.15, 0.2) is 17.5 Å². The molecule has 15 nitrogen and oxygen atoms in total. The van der Waals surface area contributed by atoms with Crippen LogP contribution in [0, 0.1) is 0 Å². The average molecular weight is 496 g/mol. The zero-order valence-electron chi connectivity index (χ0n) is 19.2. The van der Waals surface area contributed by atoms with E-state index in [0.717, 1.165) is 6.42 Å². The van der Waals surface area contributed by atoms with E-state index in [0.29, 0.717) is 18.7 Å². The molecule has 3 amide bonds. The molecule has 1 aromatic rings. The number of aromatic amines is 1. The van der Waals surface area contributed by atoms with E-state index < -0.39 is 48.6 Å². The molecule has 11 N–H and O–H groups in total. The summed E-state index contributed by atoms with van der Waals surface area (Å²) in [4.78, 5) is 60.1. The van der Waals surface area contributed by atoms with E-state index >= 15 is 0 Å². The average Bonchev–Trinajstić information content (AvgIpc) is 3.52. The fraction of sp³-hybridized carbons (Fsp3) is 0.600. The Morgan fingerprint density at radius 3 is 2.43 bits per heavy atom. The van der Waals surface area contributed by atoms with Crippen molar-refractivity contribution in [1.29, 1.82) is 0 Å². The Morgan fingerprint density at radius 2 is 1.86 bits per heavy atom. The smallest absolute Gasteiger partial charge is 0.326 e. The number of hydrogen-bond acceptors (Lipinski definition) is 8. The van der Waals surface area contributed by atoms with Crippen LogP contribution in [-0.4, -0.2) is 93.7 Å². The number of aliphatic hydroxyl groups excluding tert-OH is 1. The van der Waals surface area contributed by atoms with E-state index in [-0.39, 0.29) is 37.7 Å². The third kappa shape index (κ3) is 9.21. The Morgan fingerprint density at radius 1 is 1.14 bits per heavy atom. The molecule has 0 bridgehead atoms. The minimum atomic E-state index is -1.44. The summed E-state index contributed by atoms with van der Waals surface area (Å²) >= 11 is 0. The van der Waals surface area contributed by atoms with Crippen LogP contribution in [-0.2, 0) is 25.6 Å². The van der Waals surface area contributed by atoms with Crippen molar-refractivity contribution in [2.24, 2.45) is 16.5 Å². The number of rotatable bonds is 14. The van der Waals surface area contributed by atoms with Crippen LogP contribution in [0.2, 0.25) is 0 Å². The van der Waals surface area contributed by atoms with E-state index in [1.165, 1.54) is 12.5 Å². The van der Waals surface area contributed by atoms with E-state index in [9.17, 15) is 29.4 Å². The van der Waals surface area contributed by atoms with Gasteiger partial charge in [0, 0.05) is 24.9 Å². The highest BCUT2D eigenvalue weighted by molar-refractivity contribution is 5.94. The van der Waals surface area contributed by atoms with E-state index in [1.807, 2.05) is 0 Å². The fourth-order valence-corrected chi connectivity index (χ4v) is 3.51. The van der Waals surface area contributed by atoms with Crippen LogP contribution in [0.5, 0.6) is 0 Å². The molecule has 4 unspecified atom stereocenters. The van der Waals surface area contributed by atoms with Gasteiger partial charge >= 0.3 is 5.97 Å². The number of carbonyl (C=O) groups excluding carboxylic acids is 3. The van der Waals surface area contributed by atoms with Gasteiger partial charge in [-0.1, -0.05) is 0 Å². The third-order valence-electron chi connectivity index (χ3n) is 5.36. The molecular formula is C20H33N9O6. The number of carboxylic acid groups (broad SMARTS) is 1. The highest BCUT2D eigenvalue weighted by Crippen LogP contribution is 2.07. The number of nitrogens with one attached hydrogen (secondary N) is 5. The maximum absolute atomic E-state index is 13.0. The highest BCUT2D eigenvalue weighted by Gasteiger charge is 2.31. The molecule has 1 aliphatic rings. The van der Waals surface area contributed by atoms with E-state index in [1.54, 1.807) is 0 Å². The molecule has 194 valence electrons. The second-order valence-electron chi connectivity index (χ2n) is 8.08. The first kappa shape index (κ1) is 27.5. The predicted octanol–water partition coefficient (Wildman–Crippen LogP) is -3.71. The molecule has 0 radical (unpaired) electrons. The minimum Gasteiger partial charge on any atom is -0.480 e. The number of aliphatic hydroxyl groups is 1. The van der Waals surface area contributed by atoms with Gasteiger partial charge in [0.25, 0.3) is 0 Å². The minimum absolute atomic E-state index is 0.0246. The number of hydrogen-bond donors (Lipinski definition) is 9. The molecule has 2 heterocycles. The number of carbonyl (C=O) groups is 4. The number of aliphatic imine (C=N–C) groups is 1. The van der Waals surface area contributed by atoms with Crippen molar-refractivity contribution in [1.82, 2.24) is 31.2 Å². The second-order valence-corrected chi connectivity index (χ2v) is 8.08. The monoisotopic (exact) mass is 495 g/mol. The SMILES string of the molecule is NC(N)=NCCCC(NC(=O)C(CO)NC(=O)C(Cc1cnc[nH]1)NC(=O)C1CCCN1)C(=O)O. The van der Waals surface area contributed by atoms with Gasteiger partial charge in [0.15, 0.2) is 5.96 Å². The first-order chi connectivity index (χ1) is 16.7. The van der Waals surface area contributed by atoms with Gasteiger partial charge in [-0.25, -0.2) is 9.78 Å². The fourth-order valence-electron chi connectivity index (χ4n) is 3.51. The van der Waals surface area contributed by atoms with Crippen molar-refractivity contribution in [2.45, 2.75) is 56.3 Å². The number of amides is 3. The number of guanidine groups is 1. The topological polar surface area (TPSA) is 250 Å². The van der Waals surface area contributed by atoms with Crippen molar-refractivity contribution in [2.75, 3.05) is 19.7 Å². The maximum Gasteiger partial charge on any atom is 0.326 e. The van der Waals surface area contributed by atoms with Crippen molar-refractivity contribution < 1.29 is 29.4 Å². The highest BCUT2D eigenvalue weighted by atomic mass is 16.4. The molecule has 1 aromatic heterocycles. The van der Waals surface area contributed by atoms with Crippen LogP contribution in [0.3, 0.4) is 0 Å². The zero-order valence-corrected chi connectivity index (χ0v) is 19.2. The number of H-pyrrole nitrogens is 1. The molecule has 4 atom stereocenters. The van der Waals surface area contributed by atoms with Gasteiger partial charge in [0.2, 0.25) is 17.7 Å². The van der Waals surface area contributed by atoms with Gasteiger partial charge in [-0.3, -0.25) is 19.4 Å². The number of aromatic nitrogens is 2. The summed E-state index contributed by atoms with van der Waals surface area (Å²) in [7, 11) is 0. The lowest BCUT2D eigenvalue weighted by atomic mass is 10.1. The van der Waals surface area contributed by atoms with Crippen molar-refractivity contribution in [3.05, 3.63) is 18.2 Å². The Labute approximate surface area is 201 Å². The van der Waals surface area contributed by atoms with E-state index in [4.69, 9.17) is 11.5 Å². The molecule has 1 saturated heterocycles. The Kier molecular flexibility index (Phi) is 10.9. The van der Waals surface area contributed by atoms with Gasteiger partial charge in [0.05, 0.1) is 19.0 Å². The predicted molar refractivity (Wildman–Crippen MR) is 124 cm³/mol. The molecule has 15 heteroatoms. The molecule has 1 aliphatic heterocycles. The molecular weight excluding hydrogens is 462 g/mol. The van der Waals surface area contributed by atoms with Crippen LogP contribution in [0.1, 0.15) is 31.4 Å². The largest absolute Gasteiger partial charge is 0.480 e. The number of nitrogens with zero attached hydrogens (tertiary/aromatic N) is 2. The van der Waals surface area contributed by atoms with Gasteiger partial charge in [-0.05, 0) is 32.2 Å². The number of nitrogens with two attached hydrogens (primary N) is 2. The summed E-state index contributed by atoms with van der Waals surface area (Å²) in [6, 6.07) is -4.22. The normalized spacial score (nSPS) is 17.6. The summed E-state index contributed by atoms with van der Waals surface area (Å²) in [5, 5.41) is 29.5. The lowest BCUT2D eigenvalue weighted by Gasteiger charge is -2.24. The van der Waals surface area contributed by atoms with Crippen molar-refractivity contribution in [3.63, 3.8) is 0 Å². The Hall–Kier alpha value is -3.72. The lowest BCUT2D eigenvalue weighted by molar-refractivity contribution is -0.142. The van der Waals surface area contributed by atoms with Gasteiger partial charge in [-0.15, -0.1) is 0 Å². The number of aliphatic carboxylic acids is 1. The van der Waals surface area contributed by atoms with Crippen LogP contribution in [0.25, 0.3) is 0 Å². The second kappa shape index (κ2) is 13.9. The molecule has 2 rings (SSSR count). The van der Waals surface area contributed by atoms with Crippen LogP contribution in [0.4, 0.5) is 0 Å². The van der Waals surface area contributed by atoms with Gasteiger partial charge < -0.3 is 47.9 Å². The summed E-state index contributed by atoms with van der Waals surface area (Å²) < 4.78 is 0. The molecule has 0 saturated carbocycles. The van der Waals surface area contributed by atoms with E-state index in [2.05, 4.69) is 36.2 Å². The summed E-state index contributed by atoms with van der Waals surface area (Å²) in [5.41, 5.74) is 11.0. The molecule has 35 heavy (non-hydrogen) atoms. The molecule has 1 fully saturated rings. The van der Waals surface area contributed by atoms with Gasteiger partial charge in [0.1, 0.15) is 18.1 Å². The van der Waals surface area contributed by atoms with Crippen molar-refractivity contribution in [3.8, 4) is 0 Å². The first-order valence-electron chi connectivity index (χ1n) is 11.2. The van der Waals surface area contributed by atoms with Gasteiger partial charge in [-0.2, -0.15) is 0 Å². The quantitative estimate of drug-likeness (QED) is 0.0693. The number of imidazole rings is 1. The summed E-state index contributed by atoms with van der Waals surface area (Å²) in [6.07, 6.45) is 4.75. The standard InChI is InChI=1S/C20H33N9O6/c21-20(22)25-6-2-4-13(19(34)35)27-18(33)15(9-30)29-17(32)14(7-11-8-23-10-26-11)28-16(31)12-3-1-5-24-12/h8,10,12-15,24,30H,1-7,9H2,(H,23,26)(H,27,33)(H,28,31)(H,29,32)(H,34,35)(H4,21,22,25). The van der Waals surface area contributed by atoms with Crippen LogP contribution >= 0.6 is 0 Å². The number of carboxylic acids is 1. The first-order valence-corrected chi connectivity index (χ1v) is 11.2. The molecule has 0 aromatic carbocycles. The molecule has 0 spiro atoms.